The monoisotopic (exact) mass is 314 g/mol. The van der Waals surface area contributed by atoms with Crippen molar-refractivity contribution in [2.75, 3.05) is 0 Å². The minimum absolute atomic E-state index is 0.0553. The predicted molar refractivity (Wildman–Crippen MR) is 80.2 cm³/mol. The van der Waals surface area contributed by atoms with Gasteiger partial charge in [-0.25, -0.2) is 0 Å². The van der Waals surface area contributed by atoms with Crippen molar-refractivity contribution in [3.63, 3.8) is 0 Å². The molecular weight excluding hydrogens is 285 g/mol. The average molecular weight is 313 g/mol. The summed E-state index contributed by atoms with van der Waals surface area (Å²) in [4.78, 5) is 0. The second kappa shape index (κ2) is 4.86. The van der Waals surface area contributed by atoms with Crippen molar-refractivity contribution >= 4 is 23.7 Å². The van der Waals surface area contributed by atoms with Crippen LogP contribution in [0.3, 0.4) is 0 Å². The van der Waals surface area contributed by atoms with E-state index in [2.05, 4.69) is 54.3 Å². The molecule has 0 spiro atoms. The van der Waals surface area contributed by atoms with Gasteiger partial charge in [-0.1, -0.05) is 0 Å². The summed E-state index contributed by atoms with van der Waals surface area (Å²) in [5.41, 5.74) is 3.48. The average Bonchev–Trinajstić information content (AvgIpc) is 2.07. The van der Waals surface area contributed by atoms with Gasteiger partial charge < -0.3 is 0 Å². The minimum atomic E-state index is -1.47. The fourth-order valence-electron chi connectivity index (χ4n) is 2.29. The molecule has 0 N–H and O–H groups in total. The fourth-order valence-corrected chi connectivity index (χ4v) is 9.89. The van der Waals surface area contributed by atoms with Crippen molar-refractivity contribution in [3.05, 3.63) is 11.1 Å². The summed E-state index contributed by atoms with van der Waals surface area (Å²) >= 11 is -0.0553. The Hall–Kier alpha value is 0.460. The van der Waals surface area contributed by atoms with Gasteiger partial charge in [-0.3, -0.25) is 0 Å². The normalized spacial score (nSPS) is 27.5. The van der Waals surface area contributed by atoms with Gasteiger partial charge in [0.1, 0.15) is 0 Å². The summed E-state index contributed by atoms with van der Waals surface area (Å²) in [5.74, 6) is 0. The number of allylic oxidation sites excluding steroid dienone is 1. The first-order chi connectivity index (χ1) is 7.47. The van der Waals surface area contributed by atoms with Crippen LogP contribution >= 0.6 is 0 Å². The van der Waals surface area contributed by atoms with Crippen molar-refractivity contribution < 1.29 is 4.43 Å². The van der Waals surface area contributed by atoms with Crippen molar-refractivity contribution in [1.29, 1.82) is 0 Å². The molecule has 1 aliphatic heterocycles. The van der Waals surface area contributed by atoms with Crippen LogP contribution in [0, 0.1) is 5.41 Å². The zero-order valence-corrected chi connectivity index (χ0v) is 15.9. The van der Waals surface area contributed by atoms with E-state index in [4.69, 9.17) is 4.43 Å². The molecule has 0 fully saturated rings. The van der Waals surface area contributed by atoms with Crippen LogP contribution in [0.5, 0.6) is 0 Å². The fraction of sp³-hybridized carbons (Fsp3) is 0.857. The summed E-state index contributed by atoms with van der Waals surface area (Å²) in [7, 11) is -1.47. The number of rotatable bonds is 2. The third-order valence-electron chi connectivity index (χ3n) is 3.57. The van der Waals surface area contributed by atoms with E-state index in [1.165, 1.54) is 11.7 Å². The molecule has 17 heavy (non-hydrogen) atoms. The molecule has 0 bridgehead atoms. The van der Waals surface area contributed by atoms with Gasteiger partial charge in [-0.15, -0.1) is 0 Å². The molecular formula is C14H28GeOSi. The Bertz CT molecular complexity index is 322. The van der Waals surface area contributed by atoms with E-state index in [0.717, 1.165) is 0 Å². The van der Waals surface area contributed by atoms with E-state index in [0.29, 0.717) is 0 Å². The van der Waals surface area contributed by atoms with Gasteiger partial charge in [-0.05, 0) is 0 Å². The molecule has 0 saturated carbocycles. The van der Waals surface area contributed by atoms with Crippen molar-refractivity contribution in [2.45, 2.75) is 70.4 Å². The van der Waals surface area contributed by atoms with Crippen molar-refractivity contribution in [1.82, 2.24) is 0 Å². The van der Waals surface area contributed by atoms with E-state index in [-0.39, 0.29) is 25.3 Å². The summed E-state index contributed by atoms with van der Waals surface area (Å²) in [5, 5.41) is 1.33. The van der Waals surface area contributed by atoms with Gasteiger partial charge in [0.25, 0.3) is 0 Å². The van der Waals surface area contributed by atoms with Gasteiger partial charge in [0, 0.05) is 0 Å². The Morgan fingerprint density at radius 1 is 1.12 bits per heavy atom. The first kappa shape index (κ1) is 15.5. The summed E-state index contributed by atoms with van der Waals surface area (Å²) in [6.07, 6.45) is 1.17. The molecule has 0 aromatic rings. The van der Waals surface area contributed by atoms with E-state index in [1.54, 1.807) is 11.1 Å². The molecule has 0 aliphatic carbocycles. The van der Waals surface area contributed by atoms with Crippen LogP contribution in [0.4, 0.5) is 0 Å². The summed E-state index contributed by atoms with van der Waals surface area (Å²) in [6, 6.07) is 0. The van der Waals surface area contributed by atoms with E-state index < -0.39 is 8.32 Å². The van der Waals surface area contributed by atoms with Crippen LogP contribution in [0.25, 0.3) is 0 Å². The molecule has 1 nitrogen and oxygen atoms in total. The standard InChI is InChI=1S/C14H28GeOSi/c1-11-9-14(13(3,4)5,15-10-12(11)2)16-17(6,7)8/h9-10H2,1-8H3. The van der Waals surface area contributed by atoms with Crippen LogP contribution < -0.4 is 0 Å². The molecule has 0 amide bonds. The number of hydrogen-bond acceptors (Lipinski definition) is 1. The molecule has 1 rings (SSSR count). The summed E-state index contributed by atoms with van der Waals surface area (Å²) < 4.78 is 6.89. The molecule has 98 valence electrons. The molecule has 0 saturated heterocycles. The van der Waals surface area contributed by atoms with E-state index >= 15 is 0 Å². The maximum atomic E-state index is 6.71. The maximum absolute atomic E-state index is 6.71. The zero-order chi connectivity index (χ0) is 13.5. The van der Waals surface area contributed by atoms with Crippen LogP contribution in [0.15, 0.2) is 11.1 Å². The SMILES string of the molecule is CC1=C(C)C[C](O[Si](C)(C)C)(C(C)(C)C)[Ge][CH2]1. The quantitative estimate of drug-likeness (QED) is 0.541. The van der Waals surface area contributed by atoms with Crippen LogP contribution in [-0.2, 0) is 4.43 Å². The summed E-state index contributed by atoms with van der Waals surface area (Å²) in [6.45, 7) is 18.7. The Labute approximate surface area is 115 Å². The zero-order valence-electron chi connectivity index (χ0n) is 12.8. The first-order valence-electron chi connectivity index (χ1n) is 6.57. The molecule has 1 aliphatic rings. The third-order valence-corrected chi connectivity index (χ3v) is 9.80. The van der Waals surface area contributed by atoms with Gasteiger partial charge in [-0.2, -0.15) is 0 Å². The topological polar surface area (TPSA) is 9.23 Å². The Balaban J connectivity index is 3.07. The van der Waals surface area contributed by atoms with Crippen LogP contribution in [-0.4, -0.2) is 28.2 Å². The molecule has 1 unspecified atom stereocenters. The molecule has 1 heterocycles. The van der Waals surface area contributed by atoms with Crippen molar-refractivity contribution in [3.8, 4) is 0 Å². The second-order valence-corrected chi connectivity index (χ2v) is 15.0. The van der Waals surface area contributed by atoms with E-state index in [1.807, 2.05) is 0 Å². The molecule has 2 radical (unpaired) electrons. The van der Waals surface area contributed by atoms with Crippen LogP contribution in [0.1, 0.15) is 41.0 Å². The predicted octanol–water partition coefficient (Wildman–Crippen LogP) is 4.44. The van der Waals surface area contributed by atoms with Gasteiger partial charge in [0.2, 0.25) is 0 Å². The Kier molecular flexibility index (Phi) is 4.43. The number of hydrogen-bond donors (Lipinski definition) is 0. The molecule has 3 heteroatoms. The van der Waals surface area contributed by atoms with Crippen LogP contribution in [0.2, 0.25) is 24.9 Å². The molecule has 0 aromatic carbocycles. The van der Waals surface area contributed by atoms with Crippen molar-refractivity contribution in [2.24, 2.45) is 5.41 Å². The van der Waals surface area contributed by atoms with Gasteiger partial charge >= 0.3 is 115 Å². The van der Waals surface area contributed by atoms with Gasteiger partial charge in [0.05, 0.1) is 0 Å². The molecule has 0 aromatic heterocycles. The first-order valence-corrected chi connectivity index (χ1v) is 12.5. The Morgan fingerprint density at radius 2 is 1.65 bits per heavy atom. The Morgan fingerprint density at radius 3 is 2.00 bits per heavy atom. The third kappa shape index (κ3) is 3.71. The van der Waals surface area contributed by atoms with E-state index in [9.17, 15) is 0 Å². The van der Waals surface area contributed by atoms with Gasteiger partial charge in [0.15, 0.2) is 0 Å². The second-order valence-electron chi connectivity index (χ2n) is 7.38. The molecule has 1 atom stereocenters.